The minimum absolute atomic E-state index is 0.154. The van der Waals surface area contributed by atoms with Crippen LogP contribution in [0, 0.1) is 0 Å². The molecule has 1 atom stereocenters. The third-order valence-corrected chi connectivity index (χ3v) is 6.76. The van der Waals surface area contributed by atoms with Gasteiger partial charge in [-0.25, -0.2) is 8.42 Å². The van der Waals surface area contributed by atoms with Crippen molar-refractivity contribution >= 4 is 42.9 Å². The van der Waals surface area contributed by atoms with Crippen molar-refractivity contribution < 1.29 is 13.2 Å². The van der Waals surface area contributed by atoms with Crippen LogP contribution in [-0.2, 0) is 21.1 Å². The number of hydrogen-bond acceptors (Lipinski definition) is 4. The molecule has 1 aromatic heterocycles. The van der Waals surface area contributed by atoms with Crippen molar-refractivity contribution in [1.29, 1.82) is 0 Å². The predicted molar refractivity (Wildman–Crippen MR) is 72.2 cm³/mol. The molecule has 1 fully saturated rings. The number of carbonyl (C=O) groups excluding carboxylic acids is 1. The van der Waals surface area contributed by atoms with Gasteiger partial charge in [0.25, 0.3) is 0 Å². The maximum atomic E-state index is 12.0. The highest BCUT2D eigenvalue weighted by molar-refractivity contribution is 9.11. The highest BCUT2D eigenvalue weighted by Crippen LogP contribution is 2.26. The van der Waals surface area contributed by atoms with Crippen molar-refractivity contribution in [3.05, 3.63) is 20.8 Å². The summed E-state index contributed by atoms with van der Waals surface area (Å²) in [6, 6.07) is 3.74. The fraction of sp³-hybridized carbons (Fsp3) is 0.545. The Morgan fingerprint density at radius 1 is 1.41 bits per heavy atom. The molecule has 3 nitrogen and oxygen atoms in total. The quantitative estimate of drug-likeness (QED) is 0.852. The Bertz CT molecular complexity index is 519. The lowest BCUT2D eigenvalue weighted by atomic mass is 10.1. The summed E-state index contributed by atoms with van der Waals surface area (Å²) in [5.74, 6) is 0.0106. The van der Waals surface area contributed by atoms with E-state index in [2.05, 4.69) is 15.9 Å². The number of sulfone groups is 1. The topological polar surface area (TPSA) is 51.2 Å². The number of carbonyl (C=O) groups is 1. The second-order valence-corrected chi connectivity index (χ2v) is 9.05. The molecule has 0 spiro atoms. The van der Waals surface area contributed by atoms with Gasteiger partial charge in [-0.05, 0) is 40.9 Å². The molecule has 0 bridgehead atoms. The van der Waals surface area contributed by atoms with E-state index in [0.717, 1.165) is 15.1 Å². The molecule has 1 saturated heterocycles. The summed E-state index contributed by atoms with van der Waals surface area (Å²) in [6.07, 6.45) is 2.26. The third kappa shape index (κ3) is 3.17. The largest absolute Gasteiger partial charge is 0.298 e. The van der Waals surface area contributed by atoms with Gasteiger partial charge >= 0.3 is 0 Å². The molecule has 0 amide bonds. The summed E-state index contributed by atoms with van der Waals surface area (Å²) in [7, 11) is -3.19. The summed E-state index contributed by atoms with van der Waals surface area (Å²) in [6.45, 7) is 0. The van der Waals surface area contributed by atoms with E-state index in [1.165, 1.54) is 11.3 Å². The van der Waals surface area contributed by atoms with Gasteiger partial charge in [-0.1, -0.05) is 6.42 Å². The van der Waals surface area contributed by atoms with E-state index in [0.29, 0.717) is 12.8 Å². The van der Waals surface area contributed by atoms with Crippen molar-refractivity contribution in [1.82, 2.24) is 0 Å². The van der Waals surface area contributed by atoms with Crippen LogP contribution in [0.15, 0.2) is 15.9 Å². The van der Waals surface area contributed by atoms with Crippen molar-refractivity contribution in [2.75, 3.05) is 5.75 Å². The summed E-state index contributed by atoms with van der Waals surface area (Å²) in [5, 5.41) is -0.767. The fourth-order valence-corrected chi connectivity index (χ4v) is 5.44. The number of hydrogen-bond donors (Lipinski definition) is 0. The third-order valence-electron chi connectivity index (χ3n) is 2.92. The molecule has 6 heteroatoms. The molecule has 1 unspecified atom stereocenters. The minimum Gasteiger partial charge on any atom is -0.298 e. The zero-order valence-electron chi connectivity index (χ0n) is 9.19. The predicted octanol–water partition coefficient (Wildman–Crippen LogP) is 2.59. The van der Waals surface area contributed by atoms with Gasteiger partial charge in [0.1, 0.15) is 5.25 Å². The second kappa shape index (κ2) is 5.20. The van der Waals surface area contributed by atoms with Crippen LogP contribution in [0.2, 0.25) is 0 Å². The summed E-state index contributed by atoms with van der Waals surface area (Å²) >= 11 is 4.81. The molecule has 2 rings (SSSR count). The lowest BCUT2D eigenvalue weighted by molar-refractivity contribution is -0.118. The number of Topliss-reactive ketones (excluding diaryl/α,β-unsaturated/α-hetero) is 1. The zero-order chi connectivity index (χ0) is 12.5. The standard InChI is InChI=1S/C11H13BrO3S2/c12-11-5-4-8(16-11)7-9(13)10-3-1-2-6-17(10,14)15/h4-5,10H,1-3,6-7H2. The first-order chi connectivity index (χ1) is 7.99. The van der Waals surface area contributed by atoms with E-state index in [-0.39, 0.29) is 18.0 Å². The van der Waals surface area contributed by atoms with E-state index in [4.69, 9.17) is 0 Å². The molecular formula is C11H13BrO3S2. The normalized spacial score (nSPS) is 23.5. The zero-order valence-corrected chi connectivity index (χ0v) is 12.4. The highest BCUT2D eigenvalue weighted by atomic mass is 79.9. The first kappa shape index (κ1) is 13.2. The molecule has 0 N–H and O–H groups in total. The average Bonchev–Trinajstić information content (AvgIpc) is 2.63. The molecule has 0 radical (unpaired) electrons. The average molecular weight is 337 g/mol. The van der Waals surface area contributed by atoms with Crippen LogP contribution < -0.4 is 0 Å². The van der Waals surface area contributed by atoms with Gasteiger partial charge in [-0.2, -0.15) is 0 Å². The Balaban J connectivity index is 2.09. The molecule has 1 aromatic rings. The van der Waals surface area contributed by atoms with E-state index < -0.39 is 15.1 Å². The van der Waals surface area contributed by atoms with E-state index in [1.54, 1.807) is 0 Å². The Labute approximate surface area is 113 Å². The van der Waals surface area contributed by atoms with Crippen LogP contribution in [0.3, 0.4) is 0 Å². The van der Waals surface area contributed by atoms with Gasteiger partial charge in [0, 0.05) is 11.3 Å². The first-order valence-corrected chi connectivity index (χ1v) is 8.80. The van der Waals surface area contributed by atoms with Crippen molar-refractivity contribution in [3.8, 4) is 0 Å². The summed E-state index contributed by atoms with van der Waals surface area (Å²) < 4.78 is 24.5. The molecule has 0 aliphatic carbocycles. The Morgan fingerprint density at radius 2 is 2.18 bits per heavy atom. The Morgan fingerprint density at radius 3 is 2.76 bits per heavy atom. The van der Waals surface area contributed by atoms with E-state index >= 15 is 0 Å². The van der Waals surface area contributed by atoms with Gasteiger partial charge < -0.3 is 0 Å². The van der Waals surface area contributed by atoms with Crippen molar-refractivity contribution in [3.63, 3.8) is 0 Å². The Kier molecular flexibility index (Phi) is 4.05. The second-order valence-electron chi connectivity index (χ2n) is 4.20. The fourth-order valence-electron chi connectivity index (χ4n) is 2.05. The van der Waals surface area contributed by atoms with Gasteiger partial charge in [-0.3, -0.25) is 4.79 Å². The number of ketones is 1. The van der Waals surface area contributed by atoms with E-state index in [1.807, 2.05) is 12.1 Å². The first-order valence-electron chi connectivity index (χ1n) is 5.47. The SMILES string of the molecule is O=C(Cc1ccc(Br)s1)C1CCCCS1(=O)=O. The lowest BCUT2D eigenvalue weighted by Gasteiger charge is -2.20. The Hall–Kier alpha value is -0.200. The smallest absolute Gasteiger partial charge is 0.160 e. The van der Waals surface area contributed by atoms with Gasteiger partial charge in [0.05, 0.1) is 9.54 Å². The molecule has 0 aromatic carbocycles. The summed E-state index contributed by atoms with van der Waals surface area (Å²) in [5.41, 5.74) is 0. The van der Waals surface area contributed by atoms with Gasteiger partial charge in [-0.15, -0.1) is 11.3 Å². The van der Waals surface area contributed by atoms with Crippen LogP contribution in [0.1, 0.15) is 24.1 Å². The minimum atomic E-state index is -3.19. The highest BCUT2D eigenvalue weighted by Gasteiger charge is 2.34. The molecule has 1 aliphatic rings. The monoisotopic (exact) mass is 336 g/mol. The van der Waals surface area contributed by atoms with Crippen LogP contribution in [0.4, 0.5) is 0 Å². The number of rotatable bonds is 3. The maximum Gasteiger partial charge on any atom is 0.160 e. The summed E-state index contributed by atoms with van der Waals surface area (Å²) in [4.78, 5) is 12.9. The molecule has 2 heterocycles. The van der Waals surface area contributed by atoms with E-state index in [9.17, 15) is 13.2 Å². The van der Waals surface area contributed by atoms with Gasteiger partial charge in [0.2, 0.25) is 0 Å². The molecule has 1 aliphatic heterocycles. The van der Waals surface area contributed by atoms with Crippen molar-refractivity contribution in [2.45, 2.75) is 30.9 Å². The lowest BCUT2D eigenvalue weighted by Crippen LogP contribution is -2.36. The van der Waals surface area contributed by atoms with Gasteiger partial charge in [0.15, 0.2) is 15.6 Å². The van der Waals surface area contributed by atoms with Crippen LogP contribution in [0.5, 0.6) is 0 Å². The van der Waals surface area contributed by atoms with Crippen LogP contribution >= 0.6 is 27.3 Å². The van der Waals surface area contributed by atoms with Crippen molar-refractivity contribution in [2.24, 2.45) is 0 Å². The number of halogens is 1. The van der Waals surface area contributed by atoms with Crippen LogP contribution in [-0.4, -0.2) is 25.2 Å². The molecule has 17 heavy (non-hydrogen) atoms. The molecular weight excluding hydrogens is 324 g/mol. The maximum absolute atomic E-state index is 12.0. The molecule has 94 valence electrons. The van der Waals surface area contributed by atoms with Crippen LogP contribution in [0.25, 0.3) is 0 Å². The number of thiophene rings is 1. The molecule has 0 saturated carbocycles.